The first-order valence-corrected chi connectivity index (χ1v) is 8.94. The van der Waals surface area contributed by atoms with E-state index in [4.69, 9.17) is 9.47 Å². The van der Waals surface area contributed by atoms with Crippen LogP contribution in [0.1, 0.15) is 40.5 Å². The van der Waals surface area contributed by atoms with Gasteiger partial charge < -0.3 is 14.4 Å². The average Bonchev–Trinajstić information content (AvgIpc) is 2.50. The van der Waals surface area contributed by atoms with Crippen molar-refractivity contribution in [1.29, 1.82) is 0 Å². The van der Waals surface area contributed by atoms with E-state index in [1.54, 1.807) is 0 Å². The summed E-state index contributed by atoms with van der Waals surface area (Å²) in [6.45, 7) is 11.8. The third-order valence-corrected chi connectivity index (χ3v) is 4.76. The third kappa shape index (κ3) is 9.50. The maximum absolute atomic E-state index is 12.4. The molecule has 4 nitrogen and oxygen atoms in total. The van der Waals surface area contributed by atoms with Crippen molar-refractivity contribution < 1.29 is 27.4 Å². The summed E-state index contributed by atoms with van der Waals surface area (Å²) in [5.41, 5.74) is -0.536. The molecule has 0 radical (unpaired) electrons. The standard InChI is InChI=1S/C18H33BF3NO3/c1-8-17(5,15(24)26-12-10-23(6)7)19-13-16(3,4)14(2)25-11-9-18(20,21)22/h19H,2,8-13H2,1,3-7H3. The van der Waals surface area contributed by atoms with E-state index in [9.17, 15) is 18.0 Å². The van der Waals surface area contributed by atoms with Gasteiger partial charge in [0.05, 0.1) is 18.8 Å². The molecule has 0 aromatic carbocycles. The van der Waals surface area contributed by atoms with E-state index in [-0.39, 0.29) is 5.97 Å². The number of nitrogens with zero attached hydrogens (tertiary/aromatic N) is 1. The molecule has 0 N–H and O–H groups in total. The number of hydrogen-bond donors (Lipinski definition) is 0. The van der Waals surface area contributed by atoms with Gasteiger partial charge in [0, 0.05) is 17.3 Å². The molecular formula is C18H33BF3NO3. The van der Waals surface area contributed by atoms with Crippen molar-refractivity contribution in [1.82, 2.24) is 4.90 Å². The summed E-state index contributed by atoms with van der Waals surface area (Å²) in [6.07, 6.45) is -4.08. The molecule has 0 aromatic heterocycles. The van der Waals surface area contributed by atoms with Crippen LogP contribution < -0.4 is 0 Å². The molecular weight excluding hydrogens is 346 g/mol. The fraction of sp³-hybridized carbons (Fsp3) is 0.833. The summed E-state index contributed by atoms with van der Waals surface area (Å²) in [5, 5.41) is -0.643. The van der Waals surface area contributed by atoms with Crippen LogP contribution in [0.3, 0.4) is 0 Å². The number of carbonyl (C=O) groups excluding carboxylic acids is 1. The zero-order valence-electron chi connectivity index (χ0n) is 17.0. The minimum Gasteiger partial charge on any atom is -0.498 e. The number of allylic oxidation sites excluding steroid dienone is 1. The van der Waals surface area contributed by atoms with Gasteiger partial charge in [-0.15, -0.1) is 0 Å². The number of carbonyl (C=O) groups is 1. The van der Waals surface area contributed by atoms with Gasteiger partial charge in [-0.25, -0.2) is 0 Å². The second kappa shape index (κ2) is 10.2. The van der Waals surface area contributed by atoms with Gasteiger partial charge >= 0.3 is 12.1 Å². The van der Waals surface area contributed by atoms with E-state index in [1.165, 1.54) is 0 Å². The van der Waals surface area contributed by atoms with E-state index in [2.05, 4.69) is 6.58 Å². The Morgan fingerprint density at radius 1 is 1.12 bits per heavy atom. The van der Waals surface area contributed by atoms with E-state index < -0.39 is 29.9 Å². The highest BCUT2D eigenvalue weighted by Gasteiger charge is 2.37. The Hall–Kier alpha value is -1.18. The molecule has 0 rings (SSSR count). The number of hydrogen-bond acceptors (Lipinski definition) is 4. The lowest BCUT2D eigenvalue weighted by atomic mass is 9.46. The van der Waals surface area contributed by atoms with Gasteiger partial charge in [0.25, 0.3) is 0 Å². The minimum absolute atomic E-state index is 0.249. The Morgan fingerprint density at radius 3 is 2.15 bits per heavy atom. The average molecular weight is 379 g/mol. The highest BCUT2D eigenvalue weighted by atomic mass is 19.4. The Bertz CT molecular complexity index is 467. The van der Waals surface area contributed by atoms with Gasteiger partial charge in [-0.05, 0) is 20.5 Å². The molecule has 0 amide bonds. The van der Waals surface area contributed by atoms with Crippen LogP contribution in [0.25, 0.3) is 0 Å². The molecule has 0 aliphatic heterocycles. The van der Waals surface area contributed by atoms with Crippen molar-refractivity contribution in [3.8, 4) is 0 Å². The van der Waals surface area contributed by atoms with Crippen molar-refractivity contribution >= 4 is 13.2 Å². The number of alkyl halides is 3. The Labute approximate surface area is 156 Å². The maximum atomic E-state index is 12.4. The van der Waals surface area contributed by atoms with Crippen molar-refractivity contribution in [2.24, 2.45) is 5.41 Å². The molecule has 1 atom stereocenters. The van der Waals surface area contributed by atoms with Gasteiger partial charge in [0.15, 0.2) is 0 Å². The number of likely N-dealkylation sites (N-methyl/N-ethyl adjacent to an activating group) is 1. The first-order chi connectivity index (χ1) is 11.7. The van der Waals surface area contributed by atoms with Crippen molar-refractivity contribution in [2.45, 2.75) is 58.3 Å². The van der Waals surface area contributed by atoms with Crippen LogP contribution in [0, 0.1) is 5.41 Å². The van der Waals surface area contributed by atoms with Crippen LogP contribution in [0.15, 0.2) is 12.3 Å². The van der Waals surface area contributed by atoms with Crippen molar-refractivity contribution in [3.05, 3.63) is 12.3 Å². The maximum Gasteiger partial charge on any atom is 0.392 e. The lowest BCUT2D eigenvalue weighted by Crippen LogP contribution is -2.33. The third-order valence-electron chi connectivity index (χ3n) is 4.76. The predicted octanol–water partition coefficient (Wildman–Crippen LogP) is 4.04. The second-order valence-electron chi connectivity index (χ2n) is 7.87. The fourth-order valence-corrected chi connectivity index (χ4v) is 2.13. The molecule has 152 valence electrons. The molecule has 0 aliphatic rings. The molecule has 0 saturated carbocycles. The van der Waals surface area contributed by atoms with E-state index >= 15 is 0 Å². The summed E-state index contributed by atoms with van der Waals surface area (Å²) >= 11 is 0. The number of halogens is 3. The zero-order valence-corrected chi connectivity index (χ0v) is 17.0. The molecule has 0 aromatic rings. The molecule has 0 spiro atoms. The highest BCUT2D eigenvalue weighted by molar-refractivity contribution is 6.46. The van der Waals surface area contributed by atoms with Crippen molar-refractivity contribution in [2.75, 3.05) is 33.9 Å². The summed E-state index contributed by atoms with van der Waals surface area (Å²) in [6, 6.07) is 0. The van der Waals surface area contributed by atoms with Gasteiger partial charge in [-0.3, -0.25) is 4.79 Å². The Morgan fingerprint density at radius 2 is 1.69 bits per heavy atom. The summed E-state index contributed by atoms with van der Waals surface area (Å²) in [4.78, 5) is 14.4. The van der Waals surface area contributed by atoms with Gasteiger partial charge in [-0.1, -0.05) is 40.6 Å². The van der Waals surface area contributed by atoms with E-state index in [0.717, 1.165) is 0 Å². The fourth-order valence-electron chi connectivity index (χ4n) is 2.13. The second-order valence-corrected chi connectivity index (χ2v) is 7.87. The molecule has 26 heavy (non-hydrogen) atoms. The Kier molecular flexibility index (Phi) is 9.77. The summed E-state index contributed by atoms with van der Waals surface area (Å²) in [5.74, 6) is 0.0578. The smallest absolute Gasteiger partial charge is 0.392 e. The summed E-state index contributed by atoms with van der Waals surface area (Å²) in [7, 11) is 4.35. The number of esters is 1. The quantitative estimate of drug-likeness (QED) is 0.291. The molecule has 0 heterocycles. The van der Waals surface area contributed by atoms with Crippen LogP contribution in [0.5, 0.6) is 0 Å². The van der Waals surface area contributed by atoms with Gasteiger partial charge in [0.2, 0.25) is 0 Å². The Balaban J connectivity index is 4.61. The van der Waals surface area contributed by atoms with Gasteiger partial charge in [-0.2, -0.15) is 13.2 Å². The molecule has 8 heteroatoms. The van der Waals surface area contributed by atoms with E-state index in [1.807, 2.05) is 46.7 Å². The molecule has 1 unspecified atom stereocenters. The summed E-state index contributed by atoms with van der Waals surface area (Å²) < 4.78 is 47.3. The van der Waals surface area contributed by atoms with Crippen LogP contribution in [0.4, 0.5) is 13.2 Å². The normalized spacial score (nSPS) is 14.7. The van der Waals surface area contributed by atoms with Crippen molar-refractivity contribution in [3.63, 3.8) is 0 Å². The highest BCUT2D eigenvalue weighted by Crippen LogP contribution is 2.38. The van der Waals surface area contributed by atoms with E-state index in [0.29, 0.717) is 38.9 Å². The SMILES string of the molecule is C=C(OCCC(F)(F)F)C(C)(C)CBC(C)(CC)C(=O)OCCN(C)C. The molecule has 0 fully saturated rings. The number of ether oxygens (including phenoxy) is 2. The topological polar surface area (TPSA) is 38.8 Å². The van der Waals surface area contributed by atoms with Crippen LogP contribution in [0.2, 0.25) is 11.6 Å². The molecule has 0 saturated heterocycles. The molecule has 0 aliphatic carbocycles. The largest absolute Gasteiger partial charge is 0.498 e. The first kappa shape index (κ1) is 24.8. The minimum atomic E-state index is -4.25. The van der Waals surface area contributed by atoms with Crippen LogP contribution in [-0.4, -0.2) is 58.2 Å². The van der Waals surface area contributed by atoms with Gasteiger partial charge in [0.1, 0.15) is 13.9 Å². The van der Waals surface area contributed by atoms with Crippen LogP contribution in [-0.2, 0) is 14.3 Å². The van der Waals surface area contributed by atoms with Crippen LogP contribution >= 0.6 is 0 Å². The monoisotopic (exact) mass is 379 g/mol. The molecule has 0 bridgehead atoms. The zero-order chi connectivity index (χ0) is 20.6. The predicted molar refractivity (Wildman–Crippen MR) is 99.7 cm³/mol. The lowest BCUT2D eigenvalue weighted by Gasteiger charge is -2.32. The first-order valence-electron chi connectivity index (χ1n) is 8.94. The lowest BCUT2D eigenvalue weighted by molar-refractivity contribution is -0.147. The number of rotatable bonds is 12.